The summed E-state index contributed by atoms with van der Waals surface area (Å²) < 4.78 is 1.62. The standard InChI is InChI=1S/C8H14N4O2/c1-12-5-6(10-11-12)3-2-4-7(9)8(13)14/h5,7H,2-4,9H2,1H3,(H,13,14). The Balaban J connectivity index is 2.25. The van der Waals surface area contributed by atoms with Crippen LogP contribution < -0.4 is 5.73 Å². The number of rotatable bonds is 5. The molecule has 0 fully saturated rings. The van der Waals surface area contributed by atoms with Crippen LogP contribution in [0, 0.1) is 0 Å². The first-order valence-corrected chi connectivity index (χ1v) is 4.43. The van der Waals surface area contributed by atoms with Crippen LogP contribution in [0.15, 0.2) is 6.20 Å². The maximum Gasteiger partial charge on any atom is 0.320 e. The molecule has 0 saturated heterocycles. The number of carboxylic acid groups (broad SMARTS) is 1. The monoisotopic (exact) mass is 198 g/mol. The van der Waals surface area contributed by atoms with Gasteiger partial charge in [-0.15, -0.1) is 5.10 Å². The van der Waals surface area contributed by atoms with Crippen LogP contribution >= 0.6 is 0 Å². The highest BCUT2D eigenvalue weighted by Crippen LogP contribution is 2.02. The second-order valence-corrected chi connectivity index (χ2v) is 3.22. The lowest BCUT2D eigenvalue weighted by molar-refractivity contribution is -0.138. The molecule has 6 nitrogen and oxygen atoms in total. The van der Waals surface area contributed by atoms with Crippen molar-refractivity contribution in [3.8, 4) is 0 Å². The van der Waals surface area contributed by atoms with Gasteiger partial charge in [-0.25, -0.2) is 0 Å². The third-order valence-electron chi connectivity index (χ3n) is 1.92. The maximum atomic E-state index is 10.4. The Bertz CT molecular complexity index is 310. The zero-order valence-corrected chi connectivity index (χ0v) is 8.05. The molecule has 6 heteroatoms. The number of aromatic nitrogens is 3. The second-order valence-electron chi connectivity index (χ2n) is 3.22. The van der Waals surface area contributed by atoms with Crippen LogP contribution in [-0.4, -0.2) is 32.1 Å². The van der Waals surface area contributed by atoms with E-state index < -0.39 is 12.0 Å². The fourth-order valence-corrected chi connectivity index (χ4v) is 1.14. The quantitative estimate of drug-likeness (QED) is 0.668. The van der Waals surface area contributed by atoms with Crippen LogP contribution in [-0.2, 0) is 18.3 Å². The molecule has 0 radical (unpaired) electrons. The van der Waals surface area contributed by atoms with Crippen molar-refractivity contribution >= 4 is 5.97 Å². The highest BCUT2D eigenvalue weighted by atomic mass is 16.4. The first kappa shape index (κ1) is 10.6. The molecular formula is C8H14N4O2. The smallest absolute Gasteiger partial charge is 0.320 e. The first-order chi connectivity index (χ1) is 6.59. The predicted molar refractivity (Wildman–Crippen MR) is 49.6 cm³/mol. The van der Waals surface area contributed by atoms with Gasteiger partial charge >= 0.3 is 5.97 Å². The molecule has 1 rings (SSSR count). The van der Waals surface area contributed by atoms with Crippen LogP contribution in [0.4, 0.5) is 0 Å². The van der Waals surface area contributed by atoms with Gasteiger partial charge in [-0.2, -0.15) is 0 Å². The maximum absolute atomic E-state index is 10.4. The molecule has 1 heterocycles. The lowest BCUT2D eigenvalue weighted by Crippen LogP contribution is -2.29. The lowest BCUT2D eigenvalue weighted by atomic mass is 10.1. The number of hydrogen-bond donors (Lipinski definition) is 2. The summed E-state index contributed by atoms with van der Waals surface area (Å²) in [5.74, 6) is -0.954. The molecule has 14 heavy (non-hydrogen) atoms. The van der Waals surface area contributed by atoms with Crippen LogP contribution in [0.3, 0.4) is 0 Å². The molecule has 0 aliphatic rings. The van der Waals surface area contributed by atoms with E-state index in [1.54, 1.807) is 11.7 Å². The van der Waals surface area contributed by atoms with Crippen LogP contribution in [0.5, 0.6) is 0 Å². The highest BCUT2D eigenvalue weighted by molar-refractivity contribution is 5.72. The van der Waals surface area contributed by atoms with E-state index in [-0.39, 0.29) is 0 Å². The van der Waals surface area contributed by atoms with Crippen LogP contribution in [0.1, 0.15) is 18.5 Å². The van der Waals surface area contributed by atoms with Gasteiger partial charge in [0.25, 0.3) is 0 Å². The van der Waals surface area contributed by atoms with Gasteiger partial charge in [-0.1, -0.05) is 5.21 Å². The molecule has 0 aliphatic heterocycles. The Kier molecular flexibility index (Phi) is 3.58. The molecular weight excluding hydrogens is 184 g/mol. The molecule has 0 spiro atoms. The molecule has 1 unspecified atom stereocenters. The van der Waals surface area contributed by atoms with E-state index in [1.165, 1.54) is 0 Å². The van der Waals surface area contributed by atoms with E-state index >= 15 is 0 Å². The van der Waals surface area contributed by atoms with Crippen molar-refractivity contribution in [3.63, 3.8) is 0 Å². The van der Waals surface area contributed by atoms with Crippen molar-refractivity contribution in [3.05, 3.63) is 11.9 Å². The summed E-state index contributed by atoms with van der Waals surface area (Å²) in [5.41, 5.74) is 6.21. The van der Waals surface area contributed by atoms with Crippen molar-refractivity contribution in [1.29, 1.82) is 0 Å². The minimum atomic E-state index is -0.954. The van der Waals surface area contributed by atoms with E-state index in [2.05, 4.69) is 10.3 Å². The SMILES string of the molecule is Cn1cc(CCCC(N)C(=O)O)nn1. The molecule has 1 aromatic heterocycles. The Morgan fingerprint density at radius 1 is 1.79 bits per heavy atom. The molecule has 78 valence electrons. The fourth-order valence-electron chi connectivity index (χ4n) is 1.14. The van der Waals surface area contributed by atoms with E-state index in [0.29, 0.717) is 12.8 Å². The summed E-state index contributed by atoms with van der Waals surface area (Å²) in [4.78, 5) is 10.4. The van der Waals surface area contributed by atoms with Crippen molar-refractivity contribution < 1.29 is 9.90 Å². The molecule has 1 aromatic rings. The number of aryl methyl sites for hydroxylation is 2. The Morgan fingerprint density at radius 2 is 2.50 bits per heavy atom. The van der Waals surface area contributed by atoms with Gasteiger partial charge in [0.05, 0.1) is 5.69 Å². The number of carboxylic acids is 1. The minimum Gasteiger partial charge on any atom is -0.480 e. The van der Waals surface area contributed by atoms with Crippen LogP contribution in [0.25, 0.3) is 0 Å². The summed E-state index contributed by atoms with van der Waals surface area (Å²) in [6.07, 6.45) is 3.71. The van der Waals surface area contributed by atoms with Gasteiger partial charge in [0.2, 0.25) is 0 Å². The summed E-state index contributed by atoms with van der Waals surface area (Å²) in [6.45, 7) is 0. The largest absolute Gasteiger partial charge is 0.480 e. The first-order valence-electron chi connectivity index (χ1n) is 4.43. The van der Waals surface area contributed by atoms with Gasteiger partial charge in [-0.05, 0) is 19.3 Å². The highest BCUT2D eigenvalue weighted by Gasteiger charge is 2.10. The van der Waals surface area contributed by atoms with Crippen molar-refractivity contribution in [2.75, 3.05) is 0 Å². The van der Waals surface area contributed by atoms with E-state index in [9.17, 15) is 4.79 Å². The van der Waals surface area contributed by atoms with Crippen molar-refractivity contribution in [2.24, 2.45) is 12.8 Å². The number of aliphatic carboxylic acids is 1. The molecule has 0 amide bonds. The van der Waals surface area contributed by atoms with Crippen molar-refractivity contribution in [2.45, 2.75) is 25.3 Å². The molecule has 1 atom stereocenters. The Hall–Kier alpha value is -1.43. The van der Waals surface area contributed by atoms with Gasteiger partial charge in [0.15, 0.2) is 0 Å². The Labute approximate surface area is 81.7 Å². The molecule has 0 aromatic carbocycles. The third-order valence-corrected chi connectivity index (χ3v) is 1.92. The van der Waals surface area contributed by atoms with E-state index in [1.807, 2.05) is 6.20 Å². The third kappa shape index (κ3) is 3.14. The zero-order chi connectivity index (χ0) is 10.6. The lowest BCUT2D eigenvalue weighted by Gasteiger charge is -2.03. The molecule has 3 N–H and O–H groups in total. The summed E-state index contributed by atoms with van der Waals surface area (Å²) in [6, 6.07) is -0.772. The number of nitrogens with zero attached hydrogens (tertiary/aromatic N) is 3. The van der Waals surface area contributed by atoms with E-state index in [4.69, 9.17) is 10.8 Å². The average molecular weight is 198 g/mol. The van der Waals surface area contributed by atoms with Crippen molar-refractivity contribution in [1.82, 2.24) is 15.0 Å². The van der Waals surface area contributed by atoms with Gasteiger partial charge in [0, 0.05) is 13.2 Å². The number of nitrogens with two attached hydrogens (primary N) is 1. The minimum absolute atomic E-state index is 0.464. The summed E-state index contributed by atoms with van der Waals surface area (Å²) in [7, 11) is 1.79. The summed E-state index contributed by atoms with van der Waals surface area (Å²) >= 11 is 0. The average Bonchev–Trinajstić information content (AvgIpc) is 2.51. The molecule has 0 bridgehead atoms. The topological polar surface area (TPSA) is 94.0 Å². The zero-order valence-electron chi connectivity index (χ0n) is 8.05. The van der Waals surface area contributed by atoms with Gasteiger partial charge in [0.1, 0.15) is 6.04 Å². The number of carbonyl (C=O) groups is 1. The van der Waals surface area contributed by atoms with E-state index in [0.717, 1.165) is 12.1 Å². The molecule has 0 aliphatic carbocycles. The predicted octanol–water partition coefficient (Wildman–Crippen LogP) is -0.450. The van der Waals surface area contributed by atoms with Gasteiger partial charge < -0.3 is 10.8 Å². The normalized spacial score (nSPS) is 12.7. The molecule has 0 saturated carbocycles. The Morgan fingerprint density at radius 3 is 3.00 bits per heavy atom. The second kappa shape index (κ2) is 4.71. The number of hydrogen-bond acceptors (Lipinski definition) is 4. The fraction of sp³-hybridized carbons (Fsp3) is 0.625. The van der Waals surface area contributed by atoms with Gasteiger partial charge in [-0.3, -0.25) is 9.48 Å². The van der Waals surface area contributed by atoms with Crippen LogP contribution in [0.2, 0.25) is 0 Å². The summed E-state index contributed by atoms with van der Waals surface area (Å²) in [5, 5.41) is 16.2.